The molecule has 2 N–H and O–H groups in total. The Hall–Kier alpha value is -3.28. The smallest absolute Gasteiger partial charge is 0.371 e. The maximum Gasteiger partial charge on any atom is 0.405 e. The minimum atomic E-state index is -4.49. The van der Waals surface area contributed by atoms with E-state index in [4.69, 9.17) is 0 Å². The zero-order chi connectivity index (χ0) is 23.4. The Morgan fingerprint density at radius 1 is 1.15 bits per heavy atom. The van der Waals surface area contributed by atoms with Crippen LogP contribution in [-0.4, -0.2) is 52.8 Å². The number of anilines is 3. The SMILES string of the molecule is O=C(NCC(F)(F)F)c1cncc(-c2cnc(Nc3cc(N4CCC(F)CC4)ccn3)s2)c1. The second-order valence-electron chi connectivity index (χ2n) is 7.48. The largest absolute Gasteiger partial charge is 0.405 e. The lowest BCUT2D eigenvalue weighted by molar-refractivity contribution is -0.123. The first-order valence-electron chi connectivity index (χ1n) is 10.1. The van der Waals surface area contributed by atoms with Crippen LogP contribution in [0.5, 0.6) is 0 Å². The van der Waals surface area contributed by atoms with Gasteiger partial charge in [0.05, 0.1) is 10.4 Å². The van der Waals surface area contributed by atoms with Crippen LogP contribution >= 0.6 is 11.3 Å². The van der Waals surface area contributed by atoms with Crippen molar-refractivity contribution < 1.29 is 22.4 Å². The van der Waals surface area contributed by atoms with Crippen molar-refractivity contribution in [1.82, 2.24) is 20.3 Å². The number of alkyl halides is 4. The maximum atomic E-state index is 13.4. The lowest BCUT2D eigenvalue weighted by atomic mass is 10.1. The van der Waals surface area contributed by atoms with E-state index < -0.39 is 24.8 Å². The van der Waals surface area contributed by atoms with Gasteiger partial charge in [-0.15, -0.1) is 0 Å². The third-order valence-electron chi connectivity index (χ3n) is 5.01. The molecule has 0 atom stereocenters. The second-order valence-corrected chi connectivity index (χ2v) is 8.51. The molecule has 12 heteroatoms. The fourth-order valence-electron chi connectivity index (χ4n) is 3.35. The molecular weight excluding hydrogens is 460 g/mol. The van der Waals surface area contributed by atoms with E-state index >= 15 is 0 Å². The quantitative estimate of drug-likeness (QED) is 0.503. The standard InChI is InChI=1S/C21H20F4N6OS/c22-15-2-5-31(6-3-15)16-1-4-27-18(8-16)30-20-28-11-17(33-20)13-7-14(10-26-9-13)19(32)29-12-21(23,24)25/h1,4,7-11,15H,2-3,5-6,12H2,(H,29,32)(H,27,28,30). The van der Waals surface area contributed by atoms with Crippen molar-refractivity contribution in [3.05, 3.63) is 48.5 Å². The second kappa shape index (κ2) is 9.69. The number of nitrogens with one attached hydrogen (secondary N) is 2. The molecule has 1 amide bonds. The molecule has 4 heterocycles. The van der Waals surface area contributed by atoms with Crippen molar-refractivity contribution in [3.63, 3.8) is 0 Å². The summed E-state index contributed by atoms with van der Waals surface area (Å²) in [6.45, 7) is -0.125. The molecule has 0 saturated carbocycles. The zero-order valence-electron chi connectivity index (χ0n) is 17.3. The van der Waals surface area contributed by atoms with Crippen molar-refractivity contribution in [1.29, 1.82) is 0 Å². The van der Waals surface area contributed by atoms with Gasteiger partial charge in [-0.3, -0.25) is 9.78 Å². The molecule has 1 aliphatic rings. The number of nitrogens with zero attached hydrogens (tertiary/aromatic N) is 4. The van der Waals surface area contributed by atoms with Crippen molar-refractivity contribution in [2.24, 2.45) is 0 Å². The molecule has 1 aliphatic heterocycles. The number of piperidine rings is 1. The number of halogens is 4. The first kappa shape index (κ1) is 22.9. The molecule has 0 aliphatic carbocycles. The van der Waals surface area contributed by atoms with Crippen LogP contribution in [-0.2, 0) is 0 Å². The summed E-state index contributed by atoms with van der Waals surface area (Å²) in [5.74, 6) is -0.281. The van der Waals surface area contributed by atoms with E-state index in [1.165, 1.54) is 29.8 Å². The van der Waals surface area contributed by atoms with Gasteiger partial charge in [-0.25, -0.2) is 14.4 Å². The molecule has 3 aromatic rings. The Kier molecular flexibility index (Phi) is 6.72. The average Bonchev–Trinajstić information content (AvgIpc) is 3.26. The fourth-order valence-corrected chi connectivity index (χ4v) is 4.15. The summed E-state index contributed by atoms with van der Waals surface area (Å²) in [6.07, 6.45) is 1.72. The predicted octanol–water partition coefficient (Wildman–Crippen LogP) is 4.57. The van der Waals surface area contributed by atoms with Crippen LogP contribution in [0.3, 0.4) is 0 Å². The Morgan fingerprint density at radius 2 is 1.94 bits per heavy atom. The molecular formula is C21H20F4N6OS. The molecule has 0 unspecified atom stereocenters. The molecule has 7 nitrogen and oxygen atoms in total. The Bertz CT molecular complexity index is 1110. The number of hydrogen-bond acceptors (Lipinski definition) is 7. The van der Waals surface area contributed by atoms with Crippen molar-refractivity contribution in [3.8, 4) is 10.4 Å². The van der Waals surface area contributed by atoms with E-state index in [1.807, 2.05) is 17.4 Å². The molecule has 33 heavy (non-hydrogen) atoms. The van der Waals surface area contributed by atoms with Gasteiger partial charge in [0, 0.05) is 55.2 Å². The van der Waals surface area contributed by atoms with Gasteiger partial charge in [0.1, 0.15) is 18.5 Å². The highest BCUT2D eigenvalue weighted by Gasteiger charge is 2.28. The summed E-state index contributed by atoms with van der Waals surface area (Å²) >= 11 is 1.28. The molecule has 0 radical (unpaired) electrons. The Morgan fingerprint density at radius 3 is 2.70 bits per heavy atom. The fraction of sp³-hybridized carbons (Fsp3) is 0.333. The molecule has 0 bridgehead atoms. The van der Waals surface area contributed by atoms with Gasteiger partial charge in [0.15, 0.2) is 5.13 Å². The van der Waals surface area contributed by atoms with Gasteiger partial charge >= 0.3 is 6.18 Å². The number of aromatic nitrogens is 3. The number of rotatable bonds is 6. The number of carbonyl (C=O) groups excluding carboxylic acids is 1. The van der Waals surface area contributed by atoms with Crippen LogP contribution in [0, 0.1) is 0 Å². The summed E-state index contributed by atoms with van der Waals surface area (Å²) < 4.78 is 50.4. The number of pyridine rings is 2. The minimum Gasteiger partial charge on any atom is -0.371 e. The minimum absolute atomic E-state index is 0.0195. The first-order chi connectivity index (χ1) is 15.8. The van der Waals surface area contributed by atoms with E-state index in [1.54, 1.807) is 12.4 Å². The lowest BCUT2D eigenvalue weighted by Gasteiger charge is -2.30. The van der Waals surface area contributed by atoms with Crippen LogP contribution in [0.1, 0.15) is 23.2 Å². The van der Waals surface area contributed by atoms with Gasteiger partial charge in [0.2, 0.25) is 0 Å². The Balaban J connectivity index is 1.43. The van der Waals surface area contributed by atoms with Gasteiger partial charge in [-0.1, -0.05) is 11.3 Å². The van der Waals surface area contributed by atoms with E-state index in [2.05, 4.69) is 25.2 Å². The monoisotopic (exact) mass is 480 g/mol. The summed E-state index contributed by atoms with van der Waals surface area (Å²) in [6, 6.07) is 5.20. The Labute approximate surface area is 190 Å². The van der Waals surface area contributed by atoms with Crippen LogP contribution in [0.25, 0.3) is 10.4 Å². The highest BCUT2D eigenvalue weighted by Crippen LogP contribution is 2.31. The molecule has 0 aromatic carbocycles. The van der Waals surface area contributed by atoms with E-state index in [0.717, 1.165) is 5.69 Å². The zero-order valence-corrected chi connectivity index (χ0v) is 18.1. The summed E-state index contributed by atoms with van der Waals surface area (Å²) in [5, 5.41) is 5.50. The normalized spacial score (nSPS) is 14.8. The third kappa shape index (κ3) is 6.15. The number of amides is 1. The summed E-state index contributed by atoms with van der Waals surface area (Å²) in [4.78, 5) is 27.4. The van der Waals surface area contributed by atoms with Crippen LogP contribution < -0.4 is 15.5 Å². The van der Waals surface area contributed by atoms with Crippen LogP contribution in [0.2, 0.25) is 0 Å². The van der Waals surface area contributed by atoms with Gasteiger partial charge in [0.25, 0.3) is 5.91 Å². The van der Waals surface area contributed by atoms with Gasteiger partial charge in [-0.2, -0.15) is 13.2 Å². The average molecular weight is 480 g/mol. The molecule has 1 saturated heterocycles. The highest BCUT2D eigenvalue weighted by molar-refractivity contribution is 7.18. The number of thiazole rings is 1. The van der Waals surface area contributed by atoms with Gasteiger partial charge in [-0.05, 0) is 25.0 Å². The molecule has 3 aromatic heterocycles. The highest BCUT2D eigenvalue weighted by atomic mass is 32.1. The topological polar surface area (TPSA) is 83.0 Å². The summed E-state index contributed by atoms with van der Waals surface area (Å²) in [7, 11) is 0. The molecule has 0 spiro atoms. The van der Waals surface area contributed by atoms with E-state index in [-0.39, 0.29) is 5.56 Å². The van der Waals surface area contributed by atoms with Crippen molar-refractivity contribution in [2.75, 3.05) is 29.9 Å². The number of carbonyl (C=O) groups is 1. The van der Waals surface area contributed by atoms with E-state index in [9.17, 15) is 22.4 Å². The molecule has 4 rings (SSSR count). The van der Waals surface area contributed by atoms with Crippen LogP contribution in [0.15, 0.2) is 43.0 Å². The first-order valence-corrected chi connectivity index (χ1v) is 11.0. The van der Waals surface area contributed by atoms with Crippen LogP contribution in [0.4, 0.5) is 34.2 Å². The predicted molar refractivity (Wildman–Crippen MR) is 118 cm³/mol. The van der Waals surface area contributed by atoms with Crippen molar-refractivity contribution in [2.45, 2.75) is 25.2 Å². The summed E-state index contributed by atoms with van der Waals surface area (Å²) in [5.41, 5.74) is 1.51. The van der Waals surface area contributed by atoms with Gasteiger partial charge < -0.3 is 15.5 Å². The lowest BCUT2D eigenvalue weighted by Crippen LogP contribution is -2.34. The third-order valence-corrected chi connectivity index (χ3v) is 5.97. The molecule has 174 valence electrons. The van der Waals surface area contributed by atoms with E-state index in [0.29, 0.717) is 47.3 Å². The molecule has 1 fully saturated rings. The maximum absolute atomic E-state index is 13.4. The van der Waals surface area contributed by atoms with Crippen molar-refractivity contribution >= 4 is 33.9 Å². The number of hydrogen-bond donors (Lipinski definition) is 2.